The Hall–Kier alpha value is -1.25. The van der Waals surface area contributed by atoms with Crippen LogP contribution >= 0.6 is 11.8 Å². The minimum absolute atomic E-state index is 0.133. The van der Waals surface area contributed by atoms with Gasteiger partial charge < -0.3 is 9.47 Å². The Morgan fingerprint density at radius 3 is 2.74 bits per heavy atom. The van der Waals surface area contributed by atoms with Crippen LogP contribution in [-0.2, 0) is 23.8 Å². The van der Waals surface area contributed by atoms with Crippen LogP contribution in [0.4, 0.5) is 0 Å². The first-order valence-electron chi connectivity index (χ1n) is 7.26. The van der Waals surface area contributed by atoms with Crippen molar-refractivity contribution in [1.82, 2.24) is 0 Å². The molecule has 0 saturated carbocycles. The molecule has 1 aromatic carbocycles. The molecule has 0 fully saturated rings. The molecule has 0 heterocycles. The third-order valence-electron chi connectivity index (χ3n) is 2.55. The predicted molar refractivity (Wildman–Crippen MR) is 89.3 cm³/mol. The van der Waals surface area contributed by atoms with Crippen LogP contribution in [0.1, 0.15) is 19.8 Å². The summed E-state index contributed by atoms with van der Waals surface area (Å²) >= 11 is 1.48. The van der Waals surface area contributed by atoms with E-state index in [1.165, 1.54) is 11.8 Å². The number of hydrogen-bond donors (Lipinski definition) is 0. The van der Waals surface area contributed by atoms with E-state index in [1.807, 2.05) is 24.3 Å². The largest absolute Gasteiger partial charge is 0.494 e. The molecule has 0 aliphatic heterocycles. The Morgan fingerprint density at radius 1 is 1.26 bits per heavy atom. The van der Waals surface area contributed by atoms with E-state index in [0.717, 1.165) is 11.2 Å². The van der Waals surface area contributed by atoms with Crippen molar-refractivity contribution >= 4 is 27.8 Å². The lowest BCUT2D eigenvalue weighted by Gasteiger charge is -2.08. The van der Waals surface area contributed by atoms with Gasteiger partial charge in [0.05, 0.1) is 26.1 Å². The zero-order valence-corrected chi connectivity index (χ0v) is 15.0. The lowest BCUT2D eigenvalue weighted by atomic mass is 10.3. The fourth-order valence-electron chi connectivity index (χ4n) is 1.64. The highest BCUT2D eigenvalue weighted by molar-refractivity contribution is 7.99. The minimum atomic E-state index is -3.39. The van der Waals surface area contributed by atoms with Crippen molar-refractivity contribution in [2.45, 2.75) is 24.7 Å². The highest BCUT2D eigenvalue weighted by Gasteiger charge is 2.04. The molecule has 1 rings (SSSR count). The molecule has 0 aliphatic rings. The van der Waals surface area contributed by atoms with Gasteiger partial charge in [-0.25, -0.2) is 0 Å². The zero-order chi connectivity index (χ0) is 17.1. The first-order chi connectivity index (χ1) is 10.9. The molecule has 130 valence electrons. The number of thioether (sulfide) groups is 1. The van der Waals surface area contributed by atoms with E-state index >= 15 is 0 Å². The van der Waals surface area contributed by atoms with Crippen LogP contribution < -0.4 is 4.74 Å². The van der Waals surface area contributed by atoms with Crippen LogP contribution in [0.3, 0.4) is 0 Å². The van der Waals surface area contributed by atoms with E-state index in [2.05, 4.69) is 4.18 Å². The monoisotopic (exact) mass is 362 g/mol. The van der Waals surface area contributed by atoms with Crippen molar-refractivity contribution in [1.29, 1.82) is 0 Å². The standard InChI is InChI=1S/C15H22O6S2/c1-3-19-15(16)8-5-9-20-13-6-4-7-14(12-13)22-11-10-21-23(2,17)18/h4,6-7,12H,3,5,8-11H2,1-2H3. The lowest BCUT2D eigenvalue weighted by Crippen LogP contribution is -2.06. The molecule has 0 atom stereocenters. The van der Waals surface area contributed by atoms with Crippen molar-refractivity contribution in [3.63, 3.8) is 0 Å². The summed E-state index contributed by atoms with van der Waals surface area (Å²) in [7, 11) is -3.39. The van der Waals surface area contributed by atoms with E-state index in [0.29, 0.717) is 37.6 Å². The van der Waals surface area contributed by atoms with Gasteiger partial charge in [0, 0.05) is 17.1 Å². The molecule has 0 spiro atoms. The number of hydrogen-bond acceptors (Lipinski definition) is 7. The normalized spacial score (nSPS) is 11.2. The maximum absolute atomic E-state index is 11.2. The molecule has 0 saturated heterocycles. The van der Waals surface area contributed by atoms with Crippen LogP contribution in [0.15, 0.2) is 29.2 Å². The van der Waals surface area contributed by atoms with Gasteiger partial charge in [-0.1, -0.05) is 6.07 Å². The second kappa shape index (κ2) is 10.5. The summed E-state index contributed by atoms with van der Waals surface area (Å²) in [6.45, 7) is 2.73. The van der Waals surface area contributed by atoms with Crippen molar-refractivity contribution in [3.05, 3.63) is 24.3 Å². The fourth-order valence-corrected chi connectivity index (χ4v) is 2.91. The molecule has 0 aromatic heterocycles. The quantitative estimate of drug-likeness (QED) is 0.259. The van der Waals surface area contributed by atoms with Gasteiger partial charge in [-0.3, -0.25) is 8.98 Å². The third kappa shape index (κ3) is 10.2. The second-order valence-electron chi connectivity index (χ2n) is 4.61. The lowest BCUT2D eigenvalue weighted by molar-refractivity contribution is -0.143. The second-order valence-corrected chi connectivity index (χ2v) is 7.42. The average Bonchev–Trinajstić information content (AvgIpc) is 2.48. The molecule has 23 heavy (non-hydrogen) atoms. The Labute approximate surface area is 141 Å². The van der Waals surface area contributed by atoms with Gasteiger partial charge in [0.25, 0.3) is 10.1 Å². The number of benzene rings is 1. The van der Waals surface area contributed by atoms with Crippen LogP contribution in [0.5, 0.6) is 5.75 Å². The van der Waals surface area contributed by atoms with E-state index in [4.69, 9.17) is 9.47 Å². The van der Waals surface area contributed by atoms with Gasteiger partial charge in [0.15, 0.2) is 0 Å². The van der Waals surface area contributed by atoms with E-state index in [-0.39, 0.29) is 12.6 Å². The molecular weight excluding hydrogens is 340 g/mol. The van der Waals surface area contributed by atoms with Gasteiger partial charge in [0.1, 0.15) is 5.75 Å². The topological polar surface area (TPSA) is 78.9 Å². The number of carbonyl (C=O) groups excluding carboxylic acids is 1. The van der Waals surface area contributed by atoms with Crippen LogP contribution in [-0.4, -0.2) is 46.2 Å². The fraction of sp³-hybridized carbons (Fsp3) is 0.533. The Kier molecular flexibility index (Phi) is 9.05. The van der Waals surface area contributed by atoms with E-state index < -0.39 is 10.1 Å². The Morgan fingerprint density at radius 2 is 2.04 bits per heavy atom. The summed E-state index contributed by atoms with van der Waals surface area (Å²) < 4.78 is 36.8. The van der Waals surface area contributed by atoms with E-state index in [9.17, 15) is 13.2 Å². The highest BCUT2D eigenvalue weighted by atomic mass is 32.2. The molecule has 0 radical (unpaired) electrons. The smallest absolute Gasteiger partial charge is 0.305 e. The molecular formula is C15H22O6S2. The summed E-state index contributed by atoms with van der Waals surface area (Å²) in [6.07, 6.45) is 1.96. The van der Waals surface area contributed by atoms with Crippen LogP contribution in [0.25, 0.3) is 0 Å². The number of rotatable bonds is 11. The molecule has 1 aromatic rings. The summed E-state index contributed by atoms with van der Waals surface area (Å²) in [5.41, 5.74) is 0. The number of esters is 1. The molecule has 0 aliphatic carbocycles. The number of ether oxygens (including phenoxy) is 2. The van der Waals surface area contributed by atoms with Crippen molar-refractivity contribution in [2.75, 3.05) is 31.8 Å². The molecule has 6 nitrogen and oxygen atoms in total. The Bertz CT molecular complexity index is 585. The molecule has 8 heteroatoms. The van der Waals surface area contributed by atoms with Gasteiger partial charge in [0.2, 0.25) is 0 Å². The highest BCUT2D eigenvalue weighted by Crippen LogP contribution is 2.23. The predicted octanol–water partition coefficient (Wildman–Crippen LogP) is 2.48. The van der Waals surface area contributed by atoms with E-state index in [1.54, 1.807) is 6.92 Å². The average molecular weight is 362 g/mol. The SMILES string of the molecule is CCOC(=O)CCCOc1cccc(SCCOS(C)(=O)=O)c1. The summed E-state index contributed by atoms with van der Waals surface area (Å²) in [4.78, 5) is 12.2. The van der Waals surface area contributed by atoms with Crippen molar-refractivity contribution in [2.24, 2.45) is 0 Å². The zero-order valence-electron chi connectivity index (χ0n) is 13.3. The third-order valence-corrected chi connectivity index (χ3v) is 4.11. The van der Waals surface area contributed by atoms with Crippen molar-refractivity contribution < 1.29 is 26.9 Å². The van der Waals surface area contributed by atoms with Gasteiger partial charge in [-0.05, 0) is 31.5 Å². The minimum Gasteiger partial charge on any atom is -0.494 e. The van der Waals surface area contributed by atoms with Gasteiger partial charge in [-0.15, -0.1) is 11.8 Å². The molecule has 0 bridgehead atoms. The molecule has 0 amide bonds. The van der Waals surface area contributed by atoms with Crippen LogP contribution in [0.2, 0.25) is 0 Å². The maximum atomic E-state index is 11.2. The van der Waals surface area contributed by atoms with Crippen LogP contribution in [0, 0.1) is 0 Å². The maximum Gasteiger partial charge on any atom is 0.305 e. The van der Waals surface area contributed by atoms with Crippen molar-refractivity contribution in [3.8, 4) is 5.75 Å². The summed E-state index contributed by atoms with van der Waals surface area (Å²) in [5, 5.41) is 0. The molecule has 0 N–H and O–H groups in total. The first kappa shape index (κ1) is 19.8. The Balaban J connectivity index is 2.29. The van der Waals surface area contributed by atoms with Gasteiger partial charge >= 0.3 is 5.97 Å². The summed E-state index contributed by atoms with van der Waals surface area (Å²) in [5.74, 6) is 1.02. The number of carbonyl (C=O) groups is 1. The first-order valence-corrected chi connectivity index (χ1v) is 10.1. The molecule has 0 unspecified atom stereocenters. The van der Waals surface area contributed by atoms with Gasteiger partial charge in [-0.2, -0.15) is 8.42 Å². The summed E-state index contributed by atoms with van der Waals surface area (Å²) in [6, 6.07) is 7.48.